The van der Waals surface area contributed by atoms with Crippen molar-refractivity contribution in [3.63, 3.8) is 0 Å². The zero-order chi connectivity index (χ0) is 18.1. The normalized spacial score (nSPS) is 12.7. The zero-order valence-corrected chi connectivity index (χ0v) is 13.6. The SMILES string of the molecule is CCC(OO)/[N+]([O-])=C(\C=C(C(=O)OC)C(=O)OC)c1ccccc1. The second kappa shape index (κ2) is 9.43. The number of nitrogens with zero attached hydrogens (tertiary/aromatic N) is 1. The smallest absolute Gasteiger partial charge is 0.345 e. The van der Waals surface area contributed by atoms with E-state index in [0.29, 0.717) is 10.3 Å². The maximum atomic E-state index is 12.5. The van der Waals surface area contributed by atoms with Gasteiger partial charge in [0.2, 0.25) is 5.71 Å². The standard InChI is InChI=1S/C16H19NO7/c1-4-14(24-21)17(20)13(11-8-6-5-7-9-11)10-12(15(18)22-2)16(19)23-3/h5-10,14,21H,4H2,1-3H3/b17-13-. The van der Waals surface area contributed by atoms with E-state index >= 15 is 0 Å². The maximum Gasteiger partial charge on any atom is 0.345 e. The Morgan fingerprint density at radius 3 is 2.17 bits per heavy atom. The van der Waals surface area contributed by atoms with E-state index in [1.54, 1.807) is 37.3 Å². The number of carbonyl (C=O) groups excluding carboxylic acids is 2. The van der Waals surface area contributed by atoms with E-state index in [4.69, 9.17) is 5.26 Å². The molecule has 0 amide bonds. The van der Waals surface area contributed by atoms with Crippen LogP contribution >= 0.6 is 0 Å². The predicted octanol–water partition coefficient (Wildman–Crippen LogP) is 1.48. The fraction of sp³-hybridized carbons (Fsp3) is 0.312. The third kappa shape index (κ3) is 4.64. The lowest BCUT2D eigenvalue weighted by Gasteiger charge is -2.15. The van der Waals surface area contributed by atoms with Crippen LogP contribution in [0.2, 0.25) is 0 Å². The van der Waals surface area contributed by atoms with E-state index in [1.807, 2.05) is 0 Å². The number of benzene rings is 1. The second-order valence-electron chi connectivity index (χ2n) is 4.59. The number of carbonyl (C=O) groups is 2. The van der Waals surface area contributed by atoms with Gasteiger partial charge < -0.3 is 14.7 Å². The van der Waals surface area contributed by atoms with Gasteiger partial charge >= 0.3 is 11.9 Å². The molecule has 0 bridgehead atoms. The van der Waals surface area contributed by atoms with Crippen LogP contribution in [0.3, 0.4) is 0 Å². The number of hydrogen-bond acceptors (Lipinski definition) is 7. The summed E-state index contributed by atoms with van der Waals surface area (Å²) in [6, 6.07) is 8.29. The Balaban J connectivity index is 3.58. The highest BCUT2D eigenvalue weighted by atomic mass is 17.1. The molecule has 0 radical (unpaired) electrons. The molecule has 8 nitrogen and oxygen atoms in total. The monoisotopic (exact) mass is 337 g/mol. The zero-order valence-electron chi connectivity index (χ0n) is 13.6. The molecule has 0 fully saturated rings. The molecule has 0 aromatic heterocycles. The Hall–Kier alpha value is -2.71. The van der Waals surface area contributed by atoms with Crippen molar-refractivity contribution in [2.45, 2.75) is 19.6 Å². The number of methoxy groups -OCH3 is 2. The third-order valence-electron chi connectivity index (χ3n) is 3.13. The van der Waals surface area contributed by atoms with Gasteiger partial charge in [-0.1, -0.05) is 25.1 Å². The molecule has 8 heteroatoms. The fourth-order valence-electron chi connectivity index (χ4n) is 1.88. The molecular formula is C16H19NO7. The maximum absolute atomic E-state index is 12.5. The van der Waals surface area contributed by atoms with Crippen LogP contribution in [0.1, 0.15) is 18.9 Å². The summed E-state index contributed by atoms with van der Waals surface area (Å²) in [4.78, 5) is 27.8. The average molecular weight is 337 g/mol. The molecule has 130 valence electrons. The van der Waals surface area contributed by atoms with Crippen molar-refractivity contribution in [2.24, 2.45) is 0 Å². The first-order chi connectivity index (χ1) is 11.5. The second-order valence-corrected chi connectivity index (χ2v) is 4.59. The molecule has 1 aromatic rings. The Morgan fingerprint density at radius 1 is 1.21 bits per heavy atom. The summed E-state index contributed by atoms with van der Waals surface area (Å²) in [6.45, 7) is 1.62. The summed E-state index contributed by atoms with van der Waals surface area (Å²) in [6.07, 6.45) is -0.00883. The Labute approximate surface area is 139 Å². The largest absolute Gasteiger partial charge is 0.621 e. The van der Waals surface area contributed by atoms with Gasteiger partial charge in [0.25, 0.3) is 6.23 Å². The van der Waals surface area contributed by atoms with Crippen LogP contribution in [0.25, 0.3) is 0 Å². The predicted molar refractivity (Wildman–Crippen MR) is 84.1 cm³/mol. The highest BCUT2D eigenvalue weighted by Crippen LogP contribution is 2.11. The van der Waals surface area contributed by atoms with E-state index in [-0.39, 0.29) is 12.1 Å². The first kappa shape index (κ1) is 19.3. The summed E-state index contributed by atoms with van der Waals surface area (Å²) in [5.74, 6) is -1.91. The first-order valence-electron chi connectivity index (χ1n) is 7.07. The van der Waals surface area contributed by atoms with E-state index < -0.39 is 23.7 Å². The van der Waals surface area contributed by atoms with Gasteiger partial charge in [0.15, 0.2) is 5.57 Å². The topological polar surface area (TPSA) is 108 Å². The van der Waals surface area contributed by atoms with Crippen LogP contribution in [0.4, 0.5) is 0 Å². The van der Waals surface area contributed by atoms with E-state index in [9.17, 15) is 14.8 Å². The minimum atomic E-state index is -1.21. The molecule has 0 heterocycles. The van der Waals surface area contributed by atoms with Gasteiger partial charge in [-0.15, -0.1) is 0 Å². The van der Waals surface area contributed by atoms with Gasteiger partial charge in [0, 0.05) is 18.1 Å². The summed E-state index contributed by atoms with van der Waals surface area (Å²) in [7, 11) is 2.20. The summed E-state index contributed by atoms with van der Waals surface area (Å²) < 4.78 is 9.45. The van der Waals surface area contributed by atoms with Gasteiger partial charge in [0.1, 0.15) is 0 Å². The van der Waals surface area contributed by atoms with Crippen LogP contribution in [0, 0.1) is 5.21 Å². The molecule has 0 aliphatic rings. The molecule has 0 aliphatic carbocycles. The third-order valence-corrected chi connectivity index (χ3v) is 3.13. The molecule has 1 aromatic carbocycles. The van der Waals surface area contributed by atoms with Crippen molar-refractivity contribution in [3.8, 4) is 0 Å². The first-order valence-corrected chi connectivity index (χ1v) is 7.07. The summed E-state index contributed by atoms with van der Waals surface area (Å²) in [5.41, 5.74) is -0.122. The van der Waals surface area contributed by atoms with Gasteiger partial charge in [-0.2, -0.15) is 9.63 Å². The number of hydrogen-bond donors (Lipinski definition) is 1. The van der Waals surface area contributed by atoms with Gasteiger partial charge in [-0.25, -0.2) is 14.8 Å². The number of hydroxylamine groups is 1. The number of allylic oxidation sites excluding steroid dienone is 1. The van der Waals surface area contributed by atoms with Crippen LogP contribution in [0.5, 0.6) is 0 Å². The minimum absolute atomic E-state index is 0.0673. The van der Waals surface area contributed by atoms with Crippen LogP contribution < -0.4 is 0 Å². The van der Waals surface area contributed by atoms with E-state index in [0.717, 1.165) is 20.3 Å². The molecular weight excluding hydrogens is 318 g/mol. The number of rotatable bonds is 7. The lowest BCUT2D eigenvalue weighted by Crippen LogP contribution is -2.29. The lowest BCUT2D eigenvalue weighted by molar-refractivity contribution is -0.600. The van der Waals surface area contributed by atoms with E-state index in [1.165, 1.54) is 0 Å². The van der Waals surface area contributed by atoms with Crippen molar-refractivity contribution in [3.05, 3.63) is 52.8 Å². The average Bonchev–Trinajstić information content (AvgIpc) is 2.63. The van der Waals surface area contributed by atoms with Crippen molar-refractivity contribution in [2.75, 3.05) is 14.2 Å². The number of esters is 2. The van der Waals surface area contributed by atoms with Crippen molar-refractivity contribution in [1.82, 2.24) is 0 Å². The van der Waals surface area contributed by atoms with Crippen LogP contribution in [-0.2, 0) is 24.0 Å². The molecule has 1 N–H and O–H groups in total. The molecule has 1 atom stereocenters. The fourth-order valence-corrected chi connectivity index (χ4v) is 1.88. The highest BCUT2D eigenvalue weighted by Gasteiger charge is 2.26. The molecule has 0 saturated carbocycles. The van der Waals surface area contributed by atoms with Crippen molar-refractivity contribution < 1.29 is 33.9 Å². The number of ether oxygens (including phenoxy) is 2. The Morgan fingerprint density at radius 2 is 1.75 bits per heavy atom. The highest BCUT2D eigenvalue weighted by molar-refractivity contribution is 6.20. The lowest BCUT2D eigenvalue weighted by atomic mass is 10.1. The molecule has 0 spiro atoms. The van der Waals surface area contributed by atoms with E-state index in [2.05, 4.69) is 14.4 Å². The molecule has 1 unspecified atom stereocenters. The van der Waals surface area contributed by atoms with Crippen molar-refractivity contribution in [1.29, 1.82) is 0 Å². The minimum Gasteiger partial charge on any atom is -0.621 e. The molecule has 1 rings (SSSR count). The quantitative estimate of drug-likeness (QED) is 0.0767. The van der Waals surface area contributed by atoms with Gasteiger partial charge in [-0.05, 0) is 12.1 Å². The van der Waals surface area contributed by atoms with Gasteiger partial charge in [0.05, 0.1) is 14.2 Å². The summed E-state index contributed by atoms with van der Waals surface area (Å²) >= 11 is 0. The summed E-state index contributed by atoms with van der Waals surface area (Å²) in [5, 5.41) is 21.4. The van der Waals surface area contributed by atoms with Crippen molar-refractivity contribution >= 4 is 17.7 Å². The van der Waals surface area contributed by atoms with Crippen LogP contribution in [-0.4, -0.2) is 48.1 Å². The molecule has 0 saturated heterocycles. The Bertz CT molecular complexity index is 615. The van der Waals surface area contributed by atoms with Gasteiger partial charge in [-0.3, -0.25) is 0 Å². The van der Waals surface area contributed by atoms with Crippen LogP contribution in [0.15, 0.2) is 42.0 Å². The molecule has 0 aliphatic heterocycles. The molecule has 24 heavy (non-hydrogen) atoms. The Kier molecular flexibility index (Phi) is 7.60.